The van der Waals surface area contributed by atoms with Crippen molar-refractivity contribution in [1.82, 2.24) is 0 Å². The third-order valence-corrected chi connectivity index (χ3v) is 4.13. The van der Waals surface area contributed by atoms with E-state index in [0.717, 1.165) is 31.6 Å². The molecule has 0 aliphatic heterocycles. The van der Waals surface area contributed by atoms with E-state index in [1.54, 1.807) is 0 Å². The molecule has 0 amide bonds. The fourth-order valence-corrected chi connectivity index (χ4v) is 2.51. The van der Waals surface area contributed by atoms with Crippen LogP contribution in [0.25, 0.3) is 0 Å². The first kappa shape index (κ1) is 15.3. The van der Waals surface area contributed by atoms with Crippen LogP contribution in [0, 0.1) is 17.3 Å². The zero-order chi connectivity index (χ0) is 13.9. The molecule has 0 radical (unpaired) electrons. The van der Waals surface area contributed by atoms with Gasteiger partial charge in [-0.15, -0.1) is 0 Å². The highest BCUT2D eigenvalue weighted by molar-refractivity contribution is 5.88. The predicted molar refractivity (Wildman–Crippen MR) is 75.3 cm³/mol. The second-order valence-corrected chi connectivity index (χ2v) is 6.92. The number of hydrogen-bond donors (Lipinski definition) is 0. The van der Waals surface area contributed by atoms with Gasteiger partial charge in [0.2, 0.25) is 0 Å². The normalized spacial score (nSPS) is 25.0. The predicted octanol–water partition coefficient (Wildman–Crippen LogP) is 4.35. The minimum Gasteiger partial charge on any atom is -0.459 e. The van der Waals surface area contributed by atoms with E-state index in [-0.39, 0.29) is 18.0 Å². The molecule has 0 saturated heterocycles. The van der Waals surface area contributed by atoms with Crippen LogP contribution in [-0.4, -0.2) is 12.1 Å². The molecule has 0 N–H and O–H groups in total. The van der Waals surface area contributed by atoms with Gasteiger partial charge in [-0.1, -0.05) is 41.2 Å². The van der Waals surface area contributed by atoms with Gasteiger partial charge in [0.05, 0.1) is 0 Å². The Labute approximate surface area is 112 Å². The maximum atomic E-state index is 11.8. The lowest BCUT2D eigenvalue weighted by Gasteiger charge is -2.36. The van der Waals surface area contributed by atoms with Crippen LogP contribution < -0.4 is 0 Å². The van der Waals surface area contributed by atoms with E-state index in [2.05, 4.69) is 27.4 Å². The summed E-state index contributed by atoms with van der Waals surface area (Å²) in [5, 5.41) is 0. The molecule has 0 aromatic carbocycles. The van der Waals surface area contributed by atoms with Gasteiger partial charge in [0.25, 0.3) is 0 Å². The summed E-state index contributed by atoms with van der Waals surface area (Å²) in [6, 6.07) is 0. The lowest BCUT2D eigenvalue weighted by molar-refractivity contribution is -0.147. The van der Waals surface area contributed by atoms with Gasteiger partial charge in [-0.2, -0.15) is 0 Å². The van der Waals surface area contributed by atoms with E-state index < -0.39 is 0 Å². The van der Waals surface area contributed by atoms with E-state index in [1.165, 1.54) is 0 Å². The Bertz CT molecular complexity index is 302. The zero-order valence-electron chi connectivity index (χ0n) is 12.6. The van der Waals surface area contributed by atoms with Crippen LogP contribution in [0.3, 0.4) is 0 Å². The van der Waals surface area contributed by atoms with Crippen LogP contribution >= 0.6 is 0 Å². The molecule has 0 aromatic rings. The van der Waals surface area contributed by atoms with Crippen molar-refractivity contribution in [2.45, 2.75) is 66.4 Å². The Morgan fingerprint density at radius 2 is 1.67 bits per heavy atom. The van der Waals surface area contributed by atoms with Crippen LogP contribution in [0.15, 0.2) is 12.2 Å². The number of carbonyl (C=O) groups excluding carboxylic acids is 1. The minimum absolute atomic E-state index is 0.103. The Hall–Kier alpha value is -0.790. The molecule has 1 fully saturated rings. The molecule has 1 aliphatic rings. The topological polar surface area (TPSA) is 26.3 Å². The van der Waals surface area contributed by atoms with Crippen LogP contribution in [0.4, 0.5) is 0 Å². The molecule has 1 saturated carbocycles. The highest BCUT2D eigenvalue weighted by Gasteiger charge is 2.31. The van der Waals surface area contributed by atoms with Crippen molar-refractivity contribution < 1.29 is 9.53 Å². The van der Waals surface area contributed by atoms with E-state index in [9.17, 15) is 4.79 Å². The number of carbonyl (C=O) groups is 1. The summed E-state index contributed by atoms with van der Waals surface area (Å²) in [6.45, 7) is 14.6. The zero-order valence-corrected chi connectivity index (χ0v) is 12.6. The highest BCUT2D eigenvalue weighted by Crippen LogP contribution is 2.38. The molecule has 1 aliphatic carbocycles. The van der Waals surface area contributed by atoms with Crippen molar-refractivity contribution in [2.75, 3.05) is 0 Å². The summed E-state index contributed by atoms with van der Waals surface area (Å²) in [6.07, 6.45) is 4.43. The van der Waals surface area contributed by atoms with Gasteiger partial charge in [-0.25, -0.2) is 4.79 Å². The van der Waals surface area contributed by atoms with E-state index in [1.807, 2.05) is 13.8 Å². The second kappa shape index (κ2) is 5.90. The van der Waals surface area contributed by atoms with Gasteiger partial charge in [0.15, 0.2) is 0 Å². The molecule has 18 heavy (non-hydrogen) atoms. The van der Waals surface area contributed by atoms with Gasteiger partial charge >= 0.3 is 5.97 Å². The van der Waals surface area contributed by atoms with E-state index >= 15 is 0 Å². The lowest BCUT2D eigenvalue weighted by Crippen LogP contribution is -2.30. The molecule has 2 heteroatoms. The van der Waals surface area contributed by atoms with Crippen molar-refractivity contribution in [3.63, 3.8) is 0 Å². The molecule has 0 atom stereocenters. The fraction of sp³-hybridized carbons (Fsp3) is 0.812. The Morgan fingerprint density at radius 1 is 1.17 bits per heavy atom. The molecule has 0 heterocycles. The summed E-state index contributed by atoms with van der Waals surface area (Å²) >= 11 is 0. The standard InChI is InChI=1S/C16H28O2/c1-11(2)12(3)15(17)18-14-9-7-13(8-10-14)16(4,5)6/h11,13-14H,3,7-10H2,1-2,4-6H3. The summed E-state index contributed by atoms with van der Waals surface area (Å²) in [4.78, 5) is 11.8. The molecule has 0 spiro atoms. The molecule has 0 unspecified atom stereocenters. The van der Waals surface area contributed by atoms with Crippen LogP contribution in [0.5, 0.6) is 0 Å². The smallest absolute Gasteiger partial charge is 0.333 e. The van der Waals surface area contributed by atoms with Crippen LogP contribution in [-0.2, 0) is 9.53 Å². The lowest BCUT2D eigenvalue weighted by atomic mass is 9.72. The average molecular weight is 252 g/mol. The molecule has 2 nitrogen and oxygen atoms in total. The largest absolute Gasteiger partial charge is 0.459 e. The SMILES string of the molecule is C=C(C(=O)OC1CCC(C(C)(C)C)CC1)C(C)C. The third-order valence-electron chi connectivity index (χ3n) is 4.13. The quantitative estimate of drug-likeness (QED) is 0.551. The maximum absolute atomic E-state index is 11.8. The third kappa shape index (κ3) is 4.15. The van der Waals surface area contributed by atoms with Crippen molar-refractivity contribution in [3.05, 3.63) is 12.2 Å². The number of esters is 1. The first-order valence-corrected chi connectivity index (χ1v) is 7.11. The van der Waals surface area contributed by atoms with Gasteiger partial charge < -0.3 is 4.74 Å². The first-order chi connectivity index (χ1) is 8.21. The minimum atomic E-state index is -0.204. The maximum Gasteiger partial charge on any atom is 0.333 e. The highest BCUT2D eigenvalue weighted by atomic mass is 16.5. The summed E-state index contributed by atoms with van der Waals surface area (Å²) in [5.41, 5.74) is 0.962. The number of ether oxygens (including phenoxy) is 1. The monoisotopic (exact) mass is 252 g/mol. The molecular weight excluding hydrogens is 224 g/mol. The van der Waals surface area contributed by atoms with Crippen molar-refractivity contribution >= 4 is 5.97 Å². The number of rotatable bonds is 3. The van der Waals surface area contributed by atoms with Gasteiger partial charge in [-0.3, -0.25) is 0 Å². The summed E-state index contributed by atoms with van der Waals surface area (Å²) in [7, 11) is 0. The summed E-state index contributed by atoms with van der Waals surface area (Å²) in [5.74, 6) is 0.716. The van der Waals surface area contributed by atoms with Crippen LogP contribution in [0.1, 0.15) is 60.3 Å². The molecule has 104 valence electrons. The first-order valence-electron chi connectivity index (χ1n) is 7.11. The molecule has 0 aromatic heterocycles. The van der Waals surface area contributed by atoms with Crippen molar-refractivity contribution in [1.29, 1.82) is 0 Å². The van der Waals surface area contributed by atoms with E-state index in [4.69, 9.17) is 4.74 Å². The average Bonchev–Trinajstić information content (AvgIpc) is 2.27. The van der Waals surface area contributed by atoms with E-state index in [0.29, 0.717) is 11.0 Å². The molecular formula is C16H28O2. The Balaban J connectivity index is 2.41. The van der Waals surface area contributed by atoms with Crippen molar-refractivity contribution in [3.8, 4) is 0 Å². The number of hydrogen-bond acceptors (Lipinski definition) is 2. The van der Waals surface area contributed by atoms with Gasteiger partial charge in [0, 0.05) is 5.57 Å². The second-order valence-electron chi connectivity index (χ2n) is 6.92. The van der Waals surface area contributed by atoms with Gasteiger partial charge in [0.1, 0.15) is 6.10 Å². The van der Waals surface area contributed by atoms with Crippen LogP contribution in [0.2, 0.25) is 0 Å². The van der Waals surface area contributed by atoms with Crippen molar-refractivity contribution in [2.24, 2.45) is 17.3 Å². The molecule has 0 bridgehead atoms. The Kier molecular flexibility index (Phi) is 5.01. The van der Waals surface area contributed by atoms with Gasteiger partial charge in [-0.05, 0) is 42.9 Å². The molecule has 1 rings (SSSR count). The summed E-state index contributed by atoms with van der Waals surface area (Å²) < 4.78 is 5.54. The Morgan fingerprint density at radius 3 is 2.06 bits per heavy atom. The fourth-order valence-electron chi connectivity index (χ4n) is 2.51.